The zero-order valence-electron chi connectivity index (χ0n) is 16.3. The number of hydrogen-bond donors (Lipinski definition) is 0. The average molecular weight is 397 g/mol. The minimum Gasteiger partial charge on any atom is -0.376 e. The molecule has 1 atom stereocenters. The van der Waals surface area contributed by atoms with Gasteiger partial charge in [-0.3, -0.25) is 4.90 Å². The van der Waals surface area contributed by atoms with Crippen molar-refractivity contribution in [2.24, 2.45) is 5.92 Å². The molecule has 0 aromatic carbocycles. The highest BCUT2D eigenvalue weighted by Gasteiger charge is 2.33. The second-order valence-corrected chi connectivity index (χ2v) is 10.1. The number of hydrogen-bond acceptors (Lipinski definition) is 6. The molecule has 3 heterocycles. The topological polar surface area (TPSA) is 67.7 Å². The van der Waals surface area contributed by atoms with Gasteiger partial charge in [0.15, 0.2) is 0 Å². The summed E-state index contributed by atoms with van der Waals surface area (Å²) in [6, 6.07) is 0. The predicted octanol–water partition coefficient (Wildman–Crippen LogP) is 1.38. The summed E-state index contributed by atoms with van der Waals surface area (Å²) in [6.07, 6.45) is 5.98. The molecule has 0 radical (unpaired) electrons. The fraction of sp³-hybridized carbons (Fsp3) is 0.842. The lowest BCUT2D eigenvalue weighted by Gasteiger charge is -2.34. The molecule has 0 N–H and O–H groups in total. The average Bonchev–Trinajstić information content (AvgIpc) is 3.15. The molecule has 7 nitrogen and oxygen atoms in total. The minimum absolute atomic E-state index is 0.102. The molecule has 1 unspecified atom stereocenters. The Morgan fingerprint density at radius 2 is 1.89 bits per heavy atom. The third-order valence-corrected chi connectivity index (χ3v) is 7.83. The zero-order valence-corrected chi connectivity index (χ0v) is 17.2. The van der Waals surface area contributed by atoms with Crippen LogP contribution in [0.15, 0.2) is 11.4 Å². The van der Waals surface area contributed by atoms with E-state index in [0.29, 0.717) is 12.5 Å². The molecule has 8 heteroatoms. The van der Waals surface area contributed by atoms with Crippen LogP contribution in [0, 0.1) is 5.92 Å². The van der Waals surface area contributed by atoms with Crippen LogP contribution >= 0.6 is 0 Å². The Kier molecular flexibility index (Phi) is 5.87. The Hall–Kier alpha value is -0.960. The molecule has 4 rings (SSSR count). The Labute approximate surface area is 162 Å². The monoisotopic (exact) mass is 396 g/mol. The summed E-state index contributed by atoms with van der Waals surface area (Å²) in [5.41, 5.74) is 1.00. The van der Waals surface area contributed by atoms with Crippen molar-refractivity contribution in [3.05, 3.63) is 11.9 Å². The van der Waals surface area contributed by atoms with Gasteiger partial charge in [0.1, 0.15) is 0 Å². The molecule has 1 saturated carbocycles. The predicted molar refractivity (Wildman–Crippen MR) is 103 cm³/mol. The molecule has 0 bridgehead atoms. The Balaban J connectivity index is 1.53. The van der Waals surface area contributed by atoms with E-state index in [1.165, 1.54) is 0 Å². The van der Waals surface area contributed by atoms with Gasteiger partial charge < -0.3 is 14.2 Å². The second-order valence-electron chi connectivity index (χ2n) is 8.21. The van der Waals surface area contributed by atoms with E-state index in [9.17, 15) is 8.42 Å². The molecule has 1 aromatic heterocycles. The van der Waals surface area contributed by atoms with Crippen LogP contribution in [0.1, 0.15) is 38.3 Å². The van der Waals surface area contributed by atoms with Crippen LogP contribution in [0.25, 0.3) is 0 Å². The van der Waals surface area contributed by atoms with Gasteiger partial charge in [-0.25, -0.2) is 13.4 Å². The van der Waals surface area contributed by atoms with Gasteiger partial charge in [-0.05, 0) is 38.1 Å². The molecule has 1 aromatic rings. The van der Waals surface area contributed by atoms with Crippen LogP contribution in [0.4, 0.5) is 0 Å². The van der Waals surface area contributed by atoms with E-state index >= 15 is 0 Å². The molecule has 27 heavy (non-hydrogen) atoms. The molecule has 2 saturated heterocycles. The van der Waals surface area contributed by atoms with Gasteiger partial charge in [0.2, 0.25) is 15.0 Å². The fourth-order valence-corrected chi connectivity index (χ4v) is 5.96. The number of sulfone groups is 1. The third kappa shape index (κ3) is 4.72. The maximum absolute atomic E-state index is 12.9. The summed E-state index contributed by atoms with van der Waals surface area (Å²) in [5.74, 6) is 0.567. The molecule has 0 amide bonds. The van der Waals surface area contributed by atoms with E-state index in [2.05, 4.69) is 21.7 Å². The van der Waals surface area contributed by atoms with Crippen LogP contribution in [0.2, 0.25) is 0 Å². The van der Waals surface area contributed by atoms with E-state index in [0.717, 1.165) is 77.3 Å². The molecular weight excluding hydrogens is 364 g/mol. The second kappa shape index (κ2) is 8.19. The highest BCUT2D eigenvalue weighted by atomic mass is 32.2. The van der Waals surface area contributed by atoms with E-state index in [4.69, 9.17) is 4.74 Å². The first-order valence-corrected chi connectivity index (χ1v) is 12.0. The van der Waals surface area contributed by atoms with Crippen molar-refractivity contribution in [3.63, 3.8) is 0 Å². The summed E-state index contributed by atoms with van der Waals surface area (Å²) >= 11 is 0. The number of ether oxygens (including phenoxy) is 1. The van der Waals surface area contributed by atoms with Crippen LogP contribution in [0.3, 0.4) is 0 Å². The minimum atomic E-state index is -3.33. The number of imidazole rings is 1. The maximum atomic E-state index is 12.9. The van der Waals surface area contributed by atoms with Crippen LogP contribution in [0.5, 0.6) is 0 Å². The molecule has 3 aliphatic rings. The van der Waals surface area contributed by atoms with Crippen LogP contribution < -0.4 is 0 Å². The Bertz CT molecular complexity index is 730. The summed E-state index contributed by atoms with van der Waals surface area (Å²) < 4.78 is 33.6. The smallest absolute Gasteiger partial charge is 0.227 e. The van der Waals surface area contributed by atoms with E-state index < -0.39 is 9.84 Å². The molecule has 3 fully saturated rings. The van der Waals surface area contributed by atoms with Gasteiger partial charge in [0, 0.05) is 39.3 Å². The number of likely N-dealkylation sites (N-methyl/N-ethyl adjacent to an activating group) is 1. The number of nitrogens with zero attached hydrogens (tertiary/aromatic N) is 4. The SMILES string of the molecule is CCN1CCN(Cc2cnc(S(=O)(=O)CC3CC3)n2CC2CCCO2)CC1. The van der Waals surface area contributed by atoms with E-state index in [1.54, 1.807) is 6.20 Å². The Morgan fingerprint density at radius 3 is 2.52 bits per heavy atom. The third-order valence-electron chi connectivity index (χ3n) is 6.04. The van der Waals surface area contributed by atoms with Gasteiger partial charge in [0.25, 0.3) is 0 Å². The normalized spacial score (nSPS) is 25.3. The lowest BCUT2D eigenvalue weighted by atomic mass is 10.2. The van der Waals surface area contributed by atoms with Crippen molar-refractivity contribution in [1.29, 1.82) is 0 Å². The highest BCUT2D eigenvalue weighted by molar-refractivity contribution is 7.91. The van der Waals surface area contributed by atoms with Gasteiger partial charge in [-0.1, -0.05) is 6.92 Å². The first kappa shape index (κ1) is 19.4. The standard InChI is InChI=1S/C19H32N4O3S/c1-2-21-7-9-22(10-8-21)13-17-12-20-19(27(24,25)15-16-5-6-16)23(17)14-18-4-3-11-26-18/h12,16,18H,2-11,13-15H2,1H3. The largest absolute Gasteiger partial charge is 0.376 e. The molecule has 1 aliphatic carbocycles. The summed E-state index contributed by atoms with van der Waals surface area (Å²) in [7, 11) is -3.33. The first-order chi connectivity index (χ1) is 13.0. The van der Waals surface area contributed by atoms with Gasteiger partial charge in [-0.2, -0.15) is 0 Å². The lowest BCUT2D eigenvalue weighted by molar-refractivity contribution is 0.0916. The van der Waals surface area contributed by atoms with Crippen LogP contribution in [-0.4, -0.2) is 79.0 Å². The fourth-order valence-electron chi connectivity index (χ4n) is 4.12. The molecular formula is C19H32N4O3S. The first-order valence-electron chi connectivity index (χ1n) is 10.4. The van der Waals surface area contributed by atoms with Gasteiger partial charge in [-0.15, -0.1) is 0 Å². The van der Waals surface area contributed by atoms with Crippen molar-refractivity contribution in [2.75, 3.05) is 45.1 Å². The Morgan fingerprint density at radius 1 is 1.15 bits per heavy atom. The number of rotatable bonds is 8. The molecule has 152 valence electrons. The van der Waals surface area contributed by atoms with Crippen LogP contribution in [-0.2, 0) is 27.7 Å². The highest BCUT2D eigenvalue weighted by Crippen LogP contribution is 2.32. The lowest BCUT2D eigenvalue weighted by Crippen LogP contribution is -2.45. The van der Waals surface area contributed by atoms with Gasteiger partial charge in [0.05, 0.1) is 30.3 Å². The van der Waals surface area contributed by atoms with Crippen molar-refractivity contribution in [1.82, 2.24) is 19.4 Å². The zero-order chi connectivity index (χ0) is 18.9. The summed E-state index contributed by atoms with van der Waals surface area (Å²) in [4.78, 5) is 9.25. The van der Waals surface area contributed by atoms with Crippen molar-refractivity contribution in [2.45, 2.75) is 57.0 Å². The van der Waals surface area contributed by atoms with Crippen molar-refractivity contribution in [3.8, 4) is 0 Å². The van der Waals surface area contributed by atoms with Crippen molar-refractivity contribution < 1.29 is 13.2 Å². The summed E-state index contributed by atoms with van der Waals surface area (Å²) in [5, 5.41) is 0.257. The number of piperazine rings is 1. The molecule has 0 spiro atoms. The number of aromatic nitrogens is 2. The quantitative estimate of drug-likeness (QED) is 0.661. The summed E-state index contributed by atoms with van der Waals surface area (Å²) in [6.45, 7) is 9.61. The maximum Gasteiger partial charge on any atom is 0.227 e. The van der Waals surface area contributed by atoms with Gasteiger partial charge >= 0.3 is 0 Å². The van der Waals surface area contributed by atoms with E-state index in [1.807, 2.05) is 4.57 Å². The molecule has 2 aliphatic heterocycles. The van der Waals surface area contributed by atoms with E-state index in [-0.39, 0.29) is 17.0 Å². The van der Waals surface area contributed by atoms with Crippen molar-refractivity contribution >= 4 is 9.84 Å².